The van der Waals surface area contributed by atoms with Crippen LogP contribution in [0.1, 0.15) is 31.0 Å². The maximum Gasteiger partial charge on any atom is 0.124 e. The van der Waals surface area contributed by atoms with Crippen LogP contribution in [0.15, 0.2) is 48.5 Å². The summed E-state index contributed by atoms with van der Waals surface area (Å²) in [7, 11) is 0. The number of benzene rings is 2. The van der Waals surface area contributed by atoms with Gasteiger partial charge in [-0.05, 0) is 37.2 Å². The van der Waals surface area contributed by atoms with Crippen LogP contribution >= 0.6 is 0 Å². The lowest BCUT2D eigenvalue weighted by molar-refractivity contribution is 0.299. The van der Waals surface area contributed by atoms with Crippen LogP contribution in [0, 0.1) is 5.82 Å². The summed E-state index contributed by atoms with van der Waals surface area (Å²) in [6.07, 6.45) is 0. The zero-order valence-electron chi connectivity index (χ0n) is 11.9. The molecule has 2 aromatic rings. The monoisotopic (exact) mass is 273 g/mol. The van der Waals surface area contributed by atoms with Gasteiger partial charge in [0.05, 0.1) is 0 Å². The molecular weight excluding hydrogens is 253 g/mol. The van der Waals surface area contributed by atoms with E-state index in [0.29, 0.717) is 6.61 Å². The van der Waals surface area contributed by atoms with E-state index < -0.39 is 0 Å². The van der Waals surface area contributed by atoms with Crippen LogP contribution in [0.4, 0.5) is 4.39 Å². The van der Waals surface area contributed by atoms with Gasteiger partial charge in [0.15, 0.2) is 0 Å². The Morgan fingerprint density at radius 2 is 1.90 bits per heavy atom. The maximum absolute atomic E-state index is 13.4. The molecule has 3 heteroatoms. The van der Waals surface area contributed by atoms with Crippen molar-refractivity contribution in [1.29, 1.82) is 0 Å². The summed E-state index contributed by atoms with van der Waals surface area (Å²) in [4.78, 5) is 0. The Morgan fingerprint density at radius 3 is 2.60 bits per heavy atom. The molecule has 0 saturated carbocycles. The average molecular weight is 273 g/mol. The van der Waals surface area contributed by atoms with Crippen molar-refractivity contribution in [2.75, 3.05) is 6.54 Å². The Bertz CT molecular complexity index is 542. The van der Waals surface area contributed by atoms with Crippen molar-refractivity contribution < 1.29 is 9.13 Å². The molecule has 0 aliphatic heterocycles. The van der Waals surface area contributed by atoms with Crippen LogP contribution in [-0.2, 0) is 6.61 Å². The van der Waals surface area contributed by atoms with E-state index in [2.05, 4.69) is 5.32 Å². The Labute approximate surface area is 119 Å². The first-order valence-corrected chi connectivity index (χ1v) is 6.90. The van der Waals surface area contributed by atoms with E-state index in [4.69, 9.17) is 4.74 Å². The molecule has 2 aromatic carbocycles. The third-order valence-corrected chi connectivity index (χ3v) is 3.19. The molecule has 0 spiro atoms. The topological polar surface area (TPSA) is 21.3 Å². The molecule has 2 rings (SSSR count). The van der Waals surface area contributed by atoms with Gasteiger partial charge in [0.2, 0.25) is 0 Å². The minimum atomic E-state index is -0.239. The van der Waals surface area contributed by atoms with E-state index in [9.17, 15) is 4.39 Å². The van der Waals surface area contributed by atoms with Gasteiger partial charge in [-0.3, -0.25) is 0 Å². The van der Waals surface area contributed by atoms with E-state index >= 15 is 0 Å². The van der Waals surface area contributed by atoms with Gasteiger partial charge in [0, 0.05) is 11.6 Å². The Kier molecular flexibility index (Phi) is 5.13. The van der Waals surface area contributed by atoms with Crippen molar-refractivity contribution in [2.24, 2.45) is 0 Å². The summed E-state index contributed by atoms with van der Waals surface area (Å²) in [6.45, 7) is 5.35. The molecule has 1 N–H and O–H groups in total. The van der Waals surface area contributed by atoms with Crippen LogP contribution in [0.25, 0.3) is 0 Å². The van der Waals surface area contributed by atoms with Gasteiger partial charge in [-0.2, -0.15) is 0 Å². The standard InChI is InChI=1S/C17H20FNO/c1-3-19-13(2)16-11-15(18)9-10-17(16)20-12-14-7-5-4-6-8-14/h4-11,13,19H,3,12H2,1-2H3. The van der Waals surface area contributed by atoms with Crippen LogP contribution < -0.4 is 10.1 Å². The van der Waals surface area contributed by atoms with Gasteiger partial charge in [0.25, 0.3) is 0 Å². The third-order valence-electron chi connectivity index (χ3n) is 3.19. The highest BCUT2D eigenvalue weighted by Crippen LogP contribution is 2.26. The third kappa shape index (κ3) is 3.81. The number of ether oxygens (including phenoxy) is 1. The lowest BCUT2D eigenvalue weighted by atomic mass is 10.1. The fourth-order valence-electron chi connectivity index (χ4n) is 2.14. The van der Waals surface area contributed by atoms with Crippen molar-refractivity contribution >= 4 is 0 Å². The molecule has 0 heterocycles. The molecule has 0 radical (unpaired) electrons. The predicted octanol–water partition coefficient (Wildman–Crippen LogP) is 4.08. The average Bonchev–Trinajstić information content (AvgIpc) is 2.47. The van der Waals surface area contributed by atoms with Gasteiger partial charge >= 0.3 is 0 Å². The first kappa shape index (κ1) is 14.5. The molecule has 1 unspecified atom stereocenters. The van der Waals surface area contributed by atoms with Crippen LogP contribution in [-0.4, -0.2) is 6.54 Å². The molecule has 106 valence electrons. The lowest BCUT2D eigenvalue weighted by Gasteiger charge is -2.18. The van der Waals surface area contributed by atoms with E-state index in [1.165, 1.54) is 12.1 Å². The van der Waals surface area contributed by atoms with Crippen molar-refractivity contribution in [2.45, 2.75) is 26.5 Å². The fourth-order valence-corrected chi connectivity index (χ4v) is 2.14. The van der Waals surface area contributed by atoms with Gasteiger partial charge in [-0.1, -0.05) is 37.3 Å². The Balaban J connectivity index is 2.14. The highest BCUT2D eigenvalue weighted by atomic mass is 19.1. The molecule has 0 aliphatic rings. The summed E-state index contributed by atoms with van der Waals surface area (Å²) in [5.74, 6) is 0.487. The van der Waals surface area contributed by atoms with E-state index in [1.54, 1.807) is 6.07 Å². The molecule has 0 saturated heterocycles. The summed E-state index contributed by atoms with van der Waals surface area (Å²) < 4.78 is 19.3. The largest absolute Gasteiger partial charge is 0.489 e. The summed E-state index contributed by atoms with van der Waals surface area (Å²) >= 11 is 0. The SMILES string of the molecule is CCNC(C)c1cc(F)ccc1OCc1ccccc1. The smallest absolute Gasteiger partial charge is 0.124 e. The van der Waals surface area contributed by atoms with E-state index in [1.807, 2.05) is 44.2 Å². The number of nitrogens with one attached hydrogen (secondary N) is 1. The zero-order chi connectivity index (χ0) is 14.4. The second-order valence-corrected chi connectivity index (χ2v) is 4.74. The number of rotatable bonds is 6. The van der Waals surface area contributed by atoms with Gasteiger partial charge in [0.1, 0.15) is 18.2 Å². The number of halogens is 1. The van der Waals surface area contributed by atoms with E-state index in [0.717, 1.165) is 23.4 Å². The first-order chi connectivity index (χ1) is 9.70. The first-order valence-electron chi connectivity index (χ1n) is 6.90. The summed E-state index contributed by atoms with van der Waals surface area (Å²) in [5, 5.41) is 3.28. The minimum absolute atomic E-state index is 0.0569. The fraction of sp³-hybridized carbons (Fsp3) is 0.294. The molecule has 0 bridgehead atoms. The van der Waals surface area contributed by atoms with Crippen LogP contribution in [0.3, 0.4) is 0 Å². The molecule has 2 nitrogen and oxygen atoms in total. The van der Waals surface area contributed by atoms with Crippen LogP contribution in [0.2, 0.25) is 0 Å². The van der Waals surface area contributed by atoms with E-state index in [-0.39, 0.29) is 11.9 Å². The number of hydrogen-bond acceptors (Lipinski definition) is 2. The summed E-state index contributed by atoms with van der Waals surface area (Å²) in [6, 6.07) is 14.7. The molecule has 20 heavy (non-hydrogen) atoms. The summed E-state index contributed by atoms with van der Waals surface area (Å²) in [5.41, 5.74) is 1.95. The molecular formula is C17H20FNO. The second kappa shape index (κ2) is 7.06. The van der Waals surface area contributed by atoms with Gasteiger partial charge in [-0.15, -0.1) is 0 Å². The molecule has 0 aromatic heterocycles. The lowest BCUT2D eigenvalue weighted by Crippen LogP contribution is -2.18. The Morgan fingerprint density at radius 1 is 1.15 bits per heavy atom. The minimum Gasteiger partial charge on any atom is -0.489 e. The van der Waals surface area contributed by atoms with Crippen molar-refractivity contribution in [3.63, 3.8) is 0 Å². The van der Waals surface area contributed by atoms with Crippen molar-refractivity contribution in [1.82, 2.24) is 5.32 Å². The van der Waals surface area contributed by atoms with Crippen LogP contribution in [0.5, 0.6) is 5.75 Å². The number of hydrogen-bond donors (Lipinski definition) is 1. The highest BCUT2D eigenvalue weighted by Gasteiger charge is 2.12. The van der Waals surface area contributed by atoms with Gasteiger partial charge < -0.3 is 10.1 Å². The molecule has 0 aliphatic carbocycles. The second-order valence-electron chi connectivity index (χ2n) is 4.74. The molecule has 1 atom stereocenters. The van der Waals surface area contributed by atoms with Gasteiger partial charge in [-0.25, -0.2) is 4.39 Å². The zero-order valence-corrected chi connectivity index (χ0v) is 11.9. The quantitative estimate of drug-likeness (QED) is 0.856. The highest BCUT2D eigenvalue weighted by molar-refractivity contribution is 5.36. The maximum atomic E-state index is 13.4. The Hall–Kier alpha value is -1.87. The molecule has 0 amide bonds. The predicted molar refractivity (Wildman–Crippen MR) is 79.3 cm³/mol. The van der Waals surface area contributed by atoms with Crippen molar-refractivity contribution in [3.8, 4) is 5.75 Å². The molecule has 0 fully saturated rings. The normalized spacial score (nSPS) is 12.2. The van der Waals surface area contributed by atoms with Crippen molar-refractivity contribution in [3.05, 3.63) is 65.5 Å².